The standard InChI is InChI=1S/C20H16ClN3O4/c21-12-5-7-13(8-6-12)24-10-11(9-16(24)25)20(27)23-17-14-3-1-2-4-15(14)28-18(17)19(22)26/h1-8,11H,9-10H2,(H2,22,26)(H,23,27)/t11-/m1/s1. The molecule has 7 nitrogen and oxygen atoms in total. The molecular formula is C20H16ClN3O4. The van der Waals surface area contributed by atoms with E-state index in [4.69, 9.17) is 21.8 Å². The quantitative estimate of drug-likeness (QED) is 0.705. The molecule has 1 aliphatic heterocycles. The second-order valence-electron chi connectivity index (χ2n) is 6.54. The molecule has 0 spiro atoms. The molecule has 1 saturated heterocycles. The first-order chi connectivity index (χ1) is 13.4. The average molecular weight is 398 g/mol. The lowest BCUT2D eigenvalue weighted by Crippen LogP contribution is -2.28. The minimum atomic E-state index is -0.781. The molecule has 1 fully saturated rings. The van der Waals surface area contributed by atoms with E-state index in [1.54, 1.807) is 53.4 Å². The number of carbonyl (C=O) groups excluding carboxylic acids is 3. The molecule has 142 valence electrons. The maximum absolute atomic E-state index is 12.8. The van der Waals surface area contributed by atoms with Crippen molar-refractivity contribution in [3.05, 3.63) is 59.3 Å². The molecule has 3 aromatic rings. The zero-order valence-corrected chi connectivity index (χ0v) is 15.4. The lowest BCUT2D eigenvalue weighted by molar-refractivity contribution is -0.122. The normalized spacial score (nSPS) is 16.5. The molecule has 2 heterocycles. The second kappa shape index (κ2) is 7.01. The average Bonchev–Trinajstić information content (AvgIpc) is 3.24. The van der Waals surface area contributed by atoms with Crippen molar-refractivity contribution in [2.75, 3.05) is 16.8 Å². The van der Waals surface area contributed by atoms with Crippen LogP contribution in [0, 0.1) is 5.92 Å². The van der Waals surface area contributed by atoms with E-state index in [0.29, 0.717) is 21.7 Å². The number of para-hydroxylation sites is 1. The number of nitrogens with two attached hydrogens (primary N) is 1. The SMILES string of the molecule is NC(=O)c1oc2ccccc2c1NC(=O)[C@@H]1CC(=O)N(c2ccc(Cl)cc2)C1. The fourth-order valence-electron chi connectivity index (χ4n) is 3.32. The molecule has 0 unspecified atom stereocenters. The third kappa shape index (κ3) is 3.20. The monoisotopic (exact) mass is 397 g/mol. The summed E-state index contributed by atoms with van der Waals surface area (Å²) >= 11 is 5.89. The van der Waals surface area contributed by atoms with Gasteiger partial charge in [0.1, 0.15) is 11.3 Å². The summed E-state index contributed by atoms with van der Waals surface area (Å²) in [6.07, 6.45) is 0.0656. The molecule has 0 aliphatic carbocycles. The minimum Gasteiger partial charge on any atom is -0.449 e. The van der Waals surface area contributed by atoms with Gasteiger partial charge in [0.25, 0.3) is 5.91 Å². The van der Waals surface area contributed by atoms with E-state index in [-0.39, 0.29) is 36.2 Å². The van der Waals surface area contributed by atoms with E-state index in [9.17, 15) is 14.4 Å². The number of hydrogen-bond donors (Lipinski definition) is 2. The Morgan fingerprint density at radius 3 is 2.57 bits per heavy atom. The topological polar surface area (TPSA) is 106 Å². The van der Waals surface area contributed by atoms with E-state index in [1.807, 2.05) is 0 Å². The summed E-state index contributed by atoms with van der Waals surface area (Å²) in [5, 5.41) is 3.86. The first kappa shape index (κ1) is 18.1. The van der Waals surface area contributed by atoms with Gasteiger partial charge in [-0.15, -0.1) is 0 Å². The van der Waals surface area contributed by atoms with Gasteiger partial charge in [-0.2, -0.15) is 0 Å². The van der Waals surface area contributed by atoms with E-state index in [1.165, 1.54) is 0 Å². The van der Waals surface area contributed by atoms with E-state index >= 15 is 0 Å². The van der Waals surface area contributed by atoms with Crippen molar-refractivity contribution >= 4 is 51.7 Å². The van der Waals surface area contributed by atoms with Crippen LogP contribution in [0.3, 0.4) is 0 Å². The fourth-order valence-corrected chi connectivity index (χ4v) is 3.45. The van der Waals surface area contributed by atoms with Crippen molar-refractivity contribution in [1.29, 1.82) is 0 Å². The van der Waals surface area contributed by atoms with Gasteiger partial charge in [0.15, 0.2) is 0 Å². The van der Waals surface area contributed by atoms with Crippen molar-refractivity contribution in [3.8, 4) is 0 Å². The van der Waals surface area contributed by atoms with Crippen LogP contribution in [0.1, 0.15) is 17.0 Å². The number of nitrogens with one attached hydrogen (secondary N) is 1. The number of primary amides is 1. The molecule has 8 heteroatoms. The predicted octanol–water partition coefficient (Wildman–Crippen LogP) is 3.18. The van der Waals surface area contributed by atoms with Gasteiger partial charge in [-0.25, -0.2) is 0 Å². The Hall–Kier alpha value is -3.32. The predicted molar refractivity (Wildman–Crippen MR) is 105 cm³/mol. The van der Waals surface area contributed by atoms with E-state index in [2.05, 4.69) is 5.32 Å². The summed E-state index contributed by atoms with van der Waals surface area (Å²) in [6, 6.07) is 13.8. The number of furan rings is 1. The fraction of sp³-hybridized carbons (Fsp3) is 0.150. The van der Waals surface area contributed by atoms with Gasteiger partial charge >= 0.3 is 0 Å². The Balaban J connectivity index is 1.57. The van der Waals surface area contributed by atoms with E-state index < -0.39 is 11.8 Å². The molecule has 0 radical (unpaired) electrons. The zero-order chi connectivity index (χ0) is 19.8. The lowest BCUT2D eigenvalue weighted by Gasteiger charge is -2.16. The van der Waals surface area contributed by atoms with Crippen LogP contribution in [0.15, 0.2) is 52.9 Å². The number of benzene rings is 2. The number of amides is 3. The van der Waals surface area contributed by atoms with Crippen LogP contribution >= 0.6 is 11.6 Å². The molecule has 2 aromatic carbocycles. The van der Waals surface area contributed by atoms with Gasteiger partial charge in [-0.3, -0.25) is 14.4 Å². The molecule has 1 atom stereocenters. The number of nitrogens with zero attached hydrogens (tertiary/aromatic N) is 1. The molecular weight excluding hydrogens is 382 g/mol. The van der Waals surface area contributed by atoms with Crippen LogP contribution in [-0.2, 0) is 9.59 Å². The van der Waals surface area contributed by atoms with Gasteiger partial charge in [-0.1, -0.05) is 23.7 Å². The summed E-state index contributed by atoms with van der Waals surface area (Å²) in [5.74, 6) is -2.00. The number of carbonyl (C=O) groups is 3. The largest absolute Gasteiger partial charge is 0.449 e. The van der Waals surface area contributed by atoms with Gasteiger partial charge in [0.05, 0.1) is 5.92 Å². The van der Waals surface area contributed by atoms with Crippen molar-refractivity contribution < 1.29 is 18.8 Å². The Morgan fingerprint density at radius 2 is 1.86 bits per heavy atom. The first-order valence-electron chi connectivity index (χ1n) is 8.62. The molecule has 0 bridgehead atoms. The number of halogens is 1. The highest BCUT2D eigenvalue weighted by molar-refractivity contribution is 6.30. The van der Waals surface area contributed by atoms with Crippen molar-refractivity contribution in [2.45, 2.75) is 6.42 Å². The van der Waals surface area contributed by atoms with Gasteiger partial charge in [0, 0.05) is 29.1 Å². The van der Waals surface area contributed by atoms with Crippen LogP contribution in [-0.4, -0.2) is 24.3 Å². The Labute approximate surface area is 165 Å². The summed E-state index contributed by atoms with van der Waals surface area (Å²) in [5.41, 5.74) is 6.73. The van der Waals surface area contributed by atoms with Gasteiger partial charge in [0.2, 0.25) is 17.6 Å². The molecule has 3 amide bonds. The number of hydrogen-bond acceptors (Lipinski definition) is 4. The number of fused-ring (bicyclic) bond motifs is 1. The van der Waals surface area contributed by atoms with E-state index in [0.717, 1.165) is 0 Å². The third-order valence-corrected chi connectivity index (χ3v) is 4.95. The summed E-state index contributed by atoms with van der Waals surface area (Å²) in [7, 11) is 0. The second-order valence-corrected chi connectivity index (χ2v) is 6.97. The molecule has 0 saturated carbocycles. The lowest BCUT2D eigenvalue weighted by atomic mass is 10.1. The van der Waals surface area contributed by atoms with Crippen LogP contribution < -0.4 is 16.0 Å². The third-order valence-electron chi connectivity index (χ3n) is 4.70. The smallest absolute Gasteiger partial charge is 0.286 e. The number of anilines is 2. The van der Waals surface area contributed by atoms with Crippen molar-refractivity contribution in [1.82, 2.24) is 0 Å². The Morgan fingerprint density at radius 1 is 1.14 bits per heavy atom. The van der Waals surface area contributed by atoms with Crippen LogP contribution in [0.4, 0.5) is 11.4 Å². The van der Waals surface area contributed by atoms with Crippen LogP contribution in [0.25, 0.3) is 11.0 Å². The molecule has 1 aromatic heterocycles. The maximum Gasteiger partial charge on any atom is 0.286 e. The first-order valence-corrected chi connectivity index (χ1v) is 9.00. The van der Waals surface area contributed by atoms with Gasteiger partial charge in [-0.05, 0) is 36.4 Å². The summed E-state index contributed by atoms with van der Waals surface area (Å²) < 4.78 is 5.47. The molecule has 28 heavy (non-hydrogen) atoms. The van der Waals surface area contributed by atoms with Crippen molar-refractivity contribution in [3.63, 3.8) is 0 Å². The molecule has 3 N–H and O–H groups in total. The molecule has 4 rings (SSSR count). The van der Waals surface area contributed by atoms with Crippen LogP contribution in [0.2, 0.25) is 5.02 Å². The highest BCUT2D eigenvalue weighted by Crippen LogP contribution is 2.32. The minimum absolute atomic E-state index is 0.0656. The highest BCUT2D eigenvalue weighted by atomic mass is 35.5. The van der Waals surface area contributed by atoms with Gasteiger partial charge < -0.3 is 20.4 Å². The summed E-state index contributed by atoms with van der Waals surface area (Å²) in [4.78, 5) is 38.4. The zero-order valence-electron chi connectivity index (χ0n) is 14.6. The summed E-state index contributed by atoms with van der Waals surface area (Å²) in [6.45, 7) is 0.230. The maximum atomic E-state index is 12.8. The molecule has 1 aliphatic rings. The Bertz CT molecular complexity index is 1090. The number of rotatable bonds is 4. The highest BCUT2D eigenvalue weighted by Gasteiger charge is 2.36. The Kier molecular flexibility index (Phi) is 4.52. The van der Waals surface area contributed by atoms with Crippen molar-refractivity contribution in [2.24, 2.45) is 11.7 Å². The van der Waals surface area contributed by atoms with Crippen LogP contribution in [0.5, 0.6) is 0 Å².